The maximum atomic E-state index is 12.4. The number of amides is 2. The molecule has 0 atom stereocenters. The molecule has 0 aliphatic carbocycles. The molecule has 0 aliphatic heterocycles. The van der Waals surface area contributed by atoms with Crippen LogP contribution < -0.4 is 5.32 Å². The second-order valence-electron chi connectivity index (χ2n) is 6.17. The highest BCUT2D eigenvalue weighted by Crippen LogP contribution is 2.27. The van der Waals surface area contributed by atoms with Crippen molar-refractivity contribution < 1.29 is 9.59 Å². The number of rotatable bonds is 6. The number of hydrogen-bond acceptors (Lipinski definition) is 6. The Hall–Kier alpha value is -2.45. The highest BCUT2D eigenvalue weighted by Gasteiger charge is 2.16. The molecule has 0 bridgehead atoms. The molecular weight excluding hydrogens is 380 g/mol. The van der Waals surface area contributed by atoms with E-state index in [9.17, 15) is 9.59 Å². The molecule has 1 N–H and O–H groups in total. The lowest BCUT2D eigenvalue weighted by Crippen LogP contribution is -2.36. The van der Waals surface area contributed by atoms with Crippen molar-refractivity contribution in [3.05, 3.63) is 47.1 Å². The van der Waals surface area contributed by atoms with Gasteiger partial charge in [-0.25, -0.2) is 9.97 Å². The zero-order chi connectivity index (χ0) is 19.4. The molecule has 3 aromatic rings. The number of nitrogens with zero attached hydrogens (tertiary/aromatic N) is 3. The average molecular weight is 401 g/mol. The zero-order valence-electron chi connectivity index (χ0n) is 15.4. The van der Waals surface area contributed by atoms with Gasteiger partial charge in [0.2, 0.25) is 11.8 Å². The number of carbonyl (C=O) groups is 2. The van der Waals surface area contributed by atoms with E-state index in [1.807, 2.05) is 43.5 Å². The van der Waals surface area contributed by atoms with Crippen molar-refractivity contribution >= 4 is 50.8 Å². The number of nitrogens with one attached hydrogen (secondary N) is 1. The Morgan fingerprint density at radius 2 is 1.93 bits per heavy atom. The molecule has 0 fully saturated rings. The molecule has 140 valence electrons. The number of carbonyl (C=O) groups excluding carboxylic acids is 2. The lowest BCUT2D eigenvalue weighted by atomic mass is 10.1. The first-order chi connectivity index (χ1) is 13.0. The number of anilines is 1. The van der Waals surface area contributed by atoms with Crippen LogP contribution in [0.25, 0.3) is 10.2 Å². The van der Waals surface area contributed by atoms with Crippen LogP contribution >= 0.6 is 23.1 Å². The van der Waals surface area contributed by atoms with Crippen molar-refractivity contribution in [2.75, 3.05) is 24.7 Å². The van der Waals surface area contributed by atoms with Crippen LogP contribution in [0.15, 0.2) is 41.0 Å². The van der Waals surface area contributed by atoms with Crippen molar-refractivity contribution in [3.8, 4) is 0 Å². The van der Waals surface area contributed by atoms with Crippen molar-refractivity contribution in [2.24, 2.45) is 0 Å². The van der Waals surface area contributed by atoms with Gasteiger partial charge in [-0.3, -0.25) is 9.59 Å². The number of hydrogen-bond donors (Lipinski definition) is 1. The van der Waals surface area contributed by atoms with E-state index in [0.717, 1.165) is 32.1 Å². The maximum Gasteiger partial charge on any atom is 0.243 e. The average Bonchev–Trinajstić information content (AvgIpc) is 3.12. The van der Waals surface area contributed by atoms with Crippen molar-refractivity contribution in [3.63, 3.8) is 0 Å². The first-order valence-corrected chi connectivity index (χ1v) is 10.2. The molecule has 2 amide bonds. The summed E-state index contributed by atoms with van der Waals surface area (Å²) in [6, 6.07) is 7.79. The number of aryl methyl sites for hydroxylation is 2. The summed E-state index contributed by atoms with van der Waals surface area (Å²) < 4.78 is 0. The Bertz CT molecular complexity index is 967. The fraction of sp³-hybridized carbons (Fsp3) is 0.263. The number of para-hydroxylation sites is 1. The topological polar surface area (TPSA) is 75.2 Å². The quantitative estimate of drug-likeness (QED) is 0.506. The van der Waals surface area contributed by atoms with Gasteiger partial charge in [0.05, 0.1) is 12.3 Å². The van der Waals surface area contributed by atoms with E-state index in [1.165, 1.54) is 23.0 Å². The second-order valence-corrected chi connectivity index (χ2v) is 8.03. The molecule has 0 unspecified atom stereocenters. The van der Waals surface area contributed by atoms with E-state index in [-0.39, 0.29) is 24.1 Å². The lowest BCUT2D eigenvalue weighted by Gasteiger charge is -2.18. The number of thioether (sulfide) groups is 1. The summed E-state index contributed by atoms with van der Waals surface area (Å²) in [5.41, 5.74) is 2.80. The van der Waals surface area contributed by atoms with Crippen molar-refractivity contribution in [2.45, 2.75) is 18.9 Å². The summed E-state index contributed by atoms with van der Waals surface area (Å²) in [5, 5.41) is 6.59. The van der Waals surface area contributed by atoms with E-state index in [4.69, 9.17) is 0 Å². The van der Waals surface area contributed by atoms with Crippen molar-refractivity contribution in [1.29, 1.82) is 0 Å². The molecule has 8 heteroatoms. The number of aromatic nitrogens is 2. The number of thiophene rings is 1. The van der Waals surface area contributed by atoms with Crippen LogP contribution in [0.3, 0.4) is 0 Å². The summed E-state index contributed by atoms with van der Waals surface area (Å²) in [7, 11) is 1.63. The summed E-state index contributed by atoms with van der Waals surface area (Å²) in [6.07, 6.45) is 1.51. The molecule has 2 heterocycles. The molecule has 0 aliphatic rings. The van der Waals surface area contributed by atoms with E-state index < -0.39 is 0 Å². The van der Waals surface area contributed by atoms with Crippen LogP contribution in [0.5, 0.6) is 0 Å². The first-order valence-electron chi connectivity index (χ1n) is 8.36. The Balaban J connectivity index is 1.56. The molecule has 3 rings (SSSR count). The predicted molar refractivity (Wildman–Crippen MR) is 110 cm³/mol. The summed E-state index contributed by atoms with van der Waals surface area (Å²) >= 11 is 2.90. The molecule has 6 nitrogen and oxygen atoms in total. The molecular formula is C19H20N4O2S2. The Morgan fingerprint density at radius 3 is 2.67 bits per heavy atom. The third kappa shape index (κ3) is 4.64. The fourth-order valence-corrected chi connectivity index (χ4v) is 4.34. The molecule has 0 saturated carbocycles. The predicted octanol–water partition coefficient (Wildman–Crippen LogP) is 3.50. The van der Waals surface area contributed by atoms with E-state index in [2.05, 4.69) is 15.3 Å². The highest BCUT2D eigenvalue weighted by atomic mass is 32.2. The number of benzene rings is 1. The Labute approximate surface area is 166 Å². The van der Waals surface area contributed by atoms with Gasteiger partial charge in [-0.15, -0.1) is 11.3 Å². The van der Waals surface area contributed by atoms with E-state index in [1.54, 1.807) is 18.4 Å². The summed E-state index contributed by atoms with van der Waals surface area (Å²) in [6.45, 7) is 3.90. The maximum absolute atomic E-state index is 12.4. The van der Waals surface area contributed by atoms with E-state index in [0.29, 0.717) is 0 Å². The Morgan fingerprint density at radius 1 is 1.19 bits per heavy atom. The van der Waals surface area contributed by atoms with Gasteiger partial charge in [-0.1, -0.05) is 30.0 Å². The van der Waals surface area contributed by atoms with Crippen LogP contribution in [0.4, 0.5) is 5.69 Å². The largest absolute Gasteiger partial charge is 0.336 e. The minimum atomic E-state index is -0.212. The molecule has 2 aromatic heterocycles. The molecule has 27 heavy (non-hydrogen) atoms. The first kappa shape index (κ1) is 19.3. The zero-order valence-corrected chi connectivity index (χ0v) is 17.0. The van der Waals surface area contributed by atoms with Gasteiger partial charge in [0.25, 0.3) is 0 Å². The van der Waals surface area contributed by atoms with Crippen LogP contribution in [0.2, 0.25) is 0 Å². The van der Waals surface area contributed by atoms with Crippen LogP contribution in [0.1, 0.15) is 11.1 Å². The third-order valence-electron chi connectivity index (χ3n) is 4.11. The molecule has 1 aromatic carbocycles. The van der Waals surface area contributed by atoms with Crippen LogP contribution in [-0.2, 0) is 9.59 Å². The SMILES string of the molecule is Cc1cccc(C)c1NC(=O)CN(C)C(=O)CSc1ncnc2sccc12. The summed E-state index contributed by atoms with van der Waals surface area (Å²) in [5.74, 6) is -0.121. The van der Waals surface area contributed by atoms with E-state index >= 15 is 0 Å². The minimum absolute atomic E-state index is 0.00477. The van der Waals surface area contributed by atoms with Crippen LogP contribution in [0, 0.1) is 13.8 Å². The molecule has 0 saturated heterocycles. The summed E-state index contributed by atoms with van der Waals surface area (Å²) in [4.78, 5) is 35.5. The normalized spacial score (nSPS) is 10.8. The van der Waals surface area contributed by atoms with Crippen LogP contribution in [-0.4, -0.2) is 46.0 Å². The Kier molecular flexibility index (Phi) is 6.08. The van der Waals surface area contributed by atoms with Gasteiger partial charge in [0, 0.05) is 18.1 Å². The molecule has 0 radical (unpaired) electrons. The number of fused-ring (bicyclic) bond motifs is 1. The van der Waals surface area contributed by atoms with Gasteiger partial charge < -0.3 is 10.2 Å². The smallest absolute Gasteiger partial charge is 0.243 e. The van der Waals surface area contributed by atoms with Gasteiger partial charge in [-0.2, -0.15) is 0 Å². The monoisotopic (exact) mass is 400 g/mol. The second kappa shape index (κ2) is 8.49. The minimum Gasteiger partial charge on any atom is -0.336 e. The highest BCUT2D eigenvalue weighted by molar-refractivity contribution is 8.00. The van der Waals surface area contributed by atoms with Crippen molar-refractivity contribution in [1.82, 2.24) is 14.9 Å². The molecule has 0 spiro atoms. The van der Waals surface area contributed by atoms with Gasteiger partial charge in [-0.05, 0) is 36.4 Å². The number of likely N-dealkylation sites (N-methyl/N-ethyl adjacent to an activating group) is 1. The lowest BCUT2D eigenvalue weighted by molar-refractivity contribution is -0.131. The third-order valence-corrected chi connectivity index (χ3v) is 5.92. The van der Waals surface area contributed by atoms with Gasteiger partial charge in [0.1, 0.15) is 16.2 Å². The fourth-order valence-electron chi connectivity index (χ4n) is 2.62. The van der Waals surface area contributed by atoms with Gasteiger partial charge >= 0.3 is 0 Å². The standard InChI is InChI=1S/C19H20N4O2S2/c1-12-5-4-6-13(2)17(12)22-15(24)9-23(3)16(25)10-27-19-14-7-8-26-18(14)20-11-21-19/h4-8,11H,9-10H2,1-3H3,(H,22,24). The van der Waals surface area contributed by atoms with Gasteiger partial charge in [0.15, 0.2) is 0 Å².